The van der Waals surface area contributed by atoms with E-state index in [-0.39, 0.29) is 11.3 Å². The van der Waals surface area contributed by atoms with Gasteiger partial charge >= 0.3 is 0 Å². The van der Waals surface area contributed by atoms with E-state index in [1.807, 2.05) is 30.3 Å². The lowest BCUT2D eigenvalue weighted by molar-refractivity contribution is -0.130. The van der Waals surface area contributed by atoms with Gasteiger partial charge in [-0.1, -0.05) is 36.8 Å². The highest BCUT2D eigenvalue weighted by atomic mass is 16.2. The van der Waals surface area contributed by atoms with Gasteiger partial charge in [-0.3, -0.25) is 9.78 Å². The van der Waals surface area contributed by atoms with Crippen LogP contribution in [0.4, 0.5) is 0 Å². The molecule has 0 spiro atoms. The van der Waals surface area contributed by atoms with Crippen molar-refractivity contribution in [1.82, 2.24) is 10.3 Å². The molecule has 3 heteroatoms. The molecule has 0 bridgehead atoms. The molecule has 1 heterocycles. The van der Waals surface area contributed by atoms with E-state index in [4.69, 9.17) is 0 Å². The first kappa shape index (κ1) is 12.9. The summed E-state index contributed by atoms with van der Waals surface area (Å²) in [5.41, 5.74) is 1.91. The van der Waals surface area contributed by atoms with Crippen molar-refractivity contribution in [2.75, 3.05) is 0 Å². The molecule has 2 aromatic rings. The van der Waals surface area contributed by atoms with E-state index in [2.05, 4.69) is 22.4 Å². The fourth-order valence-corrected chi connectivity index (χ4v) is 2.79. The van der Waals surface area contributed by atoms with E-state index in [0.29, 0.717) is 6.54 Å². The normalized spacial score (nSPS) is 16.2. The number of hydrogen-bond donors (Lipinski definition) is 1. The van der Waals surface area contributed by atoms with Crippen LogP contribution in [0.25, 0.3) is 0 Å². The maximum absolute atomic E-state index is 12.6. The van der Waals surface area contributed by atoms with Gasteiger partial charge in [-0.15, -0.1) is 0 Å². The minimum atomic E-state index is -0.311. The first-order chi connectivity index (χ1) is 9.81. The Morgan fingerprint density at radius 3 is 2.40 bits per heavy atom. The van der Waals surface area contributed by atoms with Crippen LogP contribution in [0.2, 0.25) is 0 Å². The number of rotatable bonds is 4. The number of hydrogen-bond acceptors (Lipinski definition) is 2. The summed E-state index contributed by atoms with van der Waals surface area (Å²) in [5.74, 6) is 0.145. The molecule has 1 aromatic heterocycles. The topological polar surface area (TPSA) is 42.0 Å². The maximum atomic E-state index is 12.6. The molecule has 1 fully saturated rings. The molecule has 0 aliphatic heterocycles. The number of nitrogens with one attached hydrogen (secondary N) is 1. The van der Waals surface area contributed by atoms with Crippen LogP contribution in [-0.4, -0.2) is 10.9 Å². The number of amides is 1. The van der Waals surface area contributed by atoms with Gasteiger partial charge in [0.05, 0.1) is 5.41 Å². The van der Waals surface area contributed by atoms with Crippen LogP contribution in [-0.2, 0) is 16.8 Å². The van der Waals surface area contributed by atoms with E-state index < -0.39 is 0 Å². The Hall–Kier alpha value is -2.16. The first-order valence-corrected chi connectivity index (χ1v) is 7.04. The Morgan fingerprint density at radius 1 is 1.10 bits per heavy atom. The van der Waals surface area contributed by atoms with Crippen LogP contribution in [0.5, 0.6) is 0 Å². The highest BCUT2D eigenvalue weighted by Crippen LogP contribution is 2.43. The van der Waals surface area contributed by atoms with Crippen molar-refractivity contribution < 1.29 is 4.79 Å². The van der Waals surface area contributed by atoms with Gasteiger partial charge in [-0.25, -0.2) is 0 Å². The van der Waals surface area contributed by atoms with Crippen molar-refractivity contribution in [3.63, 3.8) is 0 Å². The van der Waals surface area contributed by atoms with Gasteiger partial charge in [0, 0.05) is 18.9 Å². The molecule has 1 saturated carbocycles. The zero-order chi connectivity index (χ0) is 13.8. The summed E-state index contributed by atoms with van der Waals surface area (Å²) in [5, 5.41) is 3.07. The smallest absolute Gasteiger partial charge is 0.230 e. The molecule has 1 aromatic carbocycles. The number of aromatic nitrogens is 1. The Bertz CT molecular complexity index is 576. The number of carbonyl (C=O) groups is 1. The first-order valence-electron chi connectivity index (χ1n) is 7.04. The van der Waals surface area contributed by atoms with Gasteiger partial charge in [-0.2, -0.15) is 0 Å². The van der Waals surface area contributed by atoms with Crippen LogP contribution >= 0.6 is 0 Å². The standard InChI is InChI=1S/C17H18N2O/c20-16(19-13-14-7-11-18-12-8-14)17(9-4-10-17)15-5-2-1-3-6-15/h1-3,5-8,11-12H,4,9-10,13H2,(H,19,20). The molecular weight excluding hydrogens is 248 g/mol. The van der Waals surface area contributed by atoms with E-state index in [1.54, 1.807) is 12.4 Å². The highest BCUT2D eigenvalue weighted by molar-refractivity contribution is 5.89. The van der Waals surface area contributed by atoms with E-state index in [9.17, 15) is 4.79 Å². The molecular formula is C17H18N2O. The third kappa shape index (κ3) is 2.31. The van der Waals surface area contributed by atoms with Crippen LogP contribution < -0.4 is 5.32 Å². The summed E-state index contributed by atoms with van der Waals surface area (Å²) in [7, 11) is 0. The van der Waals surface area contributed by atoms with Gasteiger partial charge in [0.15, 0.2) is 0 Å². The van der Waals surface area contributed by atoms with Gasteiger partial charge in [0.1, 0.15) is 0 Å². The van der Waals surface area contributed by atoms with Crippen molar-refractivity contribution in [3.8, 4) is 0 Å². The zero-order valence-electron chi connectivity index (χ0n) is 11.4. The van der Waals surface area contributed by atoms with Gasteiger partial charge in [-0.05, 0) is 36.1 Å². The summed E-state index contributed by atoms with van der Waals surface area (Å²) in [6, 6.07) is 14.0. The second kappa shape index (κ2) is 5.45. The zero-order valence-corrected chi connectivity index (χ0v) is 11.4. The molecule has 1 N–H and O–H groups in total. The van der Waals surface area contributed by atoms with Crippen LogP contribution in [0.15, 0.2) is 54.9 Å². The van der Waals surface area contributed by atoms with Crippen molar-refractivity contribution in [2.45, 2.75) is 31.2 Å². The molecule has 102 valence electrons. The predicted molar refractivity (Wildman–Crippen MR) is 78.1 cm³/mol. The summed E-state index contributed by atoms with van der Waals surface area (Å²) in [4.78, 5) is 16.6. The summed E-state index contributed by atoms with van der Waals surface area (Å²) >= 11 is 0. The van der Waals surface area contributed by atoms with Crippen molar-refractivity contribution in [3.05, 3.63) is 66.0 Å². The average Bonchev–Trinajstić information content (AvgIpc) is 2.46. The highest BCUT2D eigenvalue weighted by Gasteiger charge is 2.45. The Morgan fingerprint density at radius 2 is 1.80 bits per heavy atom. The van der Waals surface area contributed by atoms with Crippen LogP contribution in [0, 0.1) is 0 Å². The summed E-state index contributed by atoms with van der Waals surface area (Å²) < 4.78 is 0. The van der Waals surface area contributed by atoms with Gasteiger partial charge in [0.25, 0.3) is 0 Å². The minimum absolute atomic E-state index is 0.145. The molecule has 20 heavy (non-hydrogen) atoms. The average molecular weight is 266 g/mol. The summed E-state index contributed by atoms with van der Waals surface area (Å²) in [6.45, 7) is 0.565. The number of pyridine rings is 1. The van der Waals surface area contributed by atoms with Gasteiger partial charge in [0.2, 0.25) is 5.91 Å². The molecule has 0 unspecified atom stereocenters. The second-order valence-electron chi connectivity index (χ2n) is 5.34. The maximum Gasteiger partial charge on any atom is 0.230 e. The van der Waals surface area contributed by atoms with Crippen molar-refractivity contribution >= 4 is 5.91 Å². The number of nitrogens with zero attached hydrogens (tertiary/aromatic N) is 1. The number of benzene rings is 1. The van der Waals surface area contributed by atoms with E-state index in [1.165, 1.54) is 0 Å². The molecule has 1 aliphatic carbocycles. The lowest BCUT2D eigenvalue weighted by Crippen LogP contribution is -2.48. The molecule has 3 nitrogen and oxygen atoms in total. The largest absolute Gasteiger partial charge is 0.351 e. The third-order valence-corrected chi connectivity index (χ3v) is 4.17. The minimum Gasteiger partial charge on any atom is -0.351 e. The molecule has 0 radical (unpaired) electrons. The van der Waals surface area contributed by atoms with Crippen molar-refractivity contribution in [1.29, 1.82) is 0 Å². The Balaban J connectivity index is 1.72. The van der Waals surface area contributed by atoms with Crippen LogP contribution in [0.1, 0.15) is 30.4 Å². The monoisotopic (exact) mass is 266 g/mol. The quantitative estimate of drug-likeness (QED) is 0.924. The van der Waals surface area contributed by atoms with Crippen molar-refractivity contribution in [2.24, 2.45) is 0 Å². The fourth-order valence-electron chi connectivity index (χ4n) is 2.79. The number of carbonyl (C=O) groups excluding carboxylic acids is 1. The molecule has 3 rings (SSSR count). The predicted octanol–water partition coefficient (Wildman–Crippen LogP) is 2.82. The van der Waals surface area contributed by atoms with Gasteiger partial charge < -0.3 is 5.32 Å². The third-order valence-electron chi connectivity index (χ3n) is 4.17. The Labute approximate surface area is 119 Å². The second-order valence-corrected chi connectivity index (χ2v) is 5.34. The molecule has 1 aliphatic rings. The lowest BCUT2D eigenvalue weighted by Gasteiger charge is -2.40. The van der Waals surface area contributed by atoms with E-state index >= 15 is 0 Å². The van der Waals surface area contributed by atoms with E-state index in [0.717, 1.165) is 30.4 Å². The SMILES string of the molecule is O=C(NCc1ccncc1)C1(c2ccccc2)CCC1. The van der Waals surface area contributed by atoms with Crippen LogP contribution in [0.3, 0.4) is 0 Å². The Kier molecular flexibility index (Phi) is 3.50. The molecule has 0 saturated heterocycles. The fraction of sp³-hybridized carbons (Fsp3) is 0.294. The lowest BCUT2D eigenvalue weighted by atomic mass is 9.64. The molecule has 0 atom stereocenters. The molecule has 1 amide bonds. The summed E-state index contributed by atoms with van der Waals surface area (Å²) in [6.07, 6.45) is 6.51.